The molecule has 2 heterocycles. The Bertz CT molecular complexity index is 1070. The molecule has 1 saturated heterocycles. The lowest BCUT2D eigenvalue weighted by Crippen LogP contribution is -2.45. The van der Waals surface area contributed by atoms with Crippen LogP contribution in [-0.4, -0.2) is 28.1 Å². The molecule has 0 radical (unpaired) electrons. The summed E-state index contributed by atoms with van der Waals surface area (Å²) in [6, 6.07) is 5.06. The van der Waals surface area contributed by atoms with Gasteiger partial charge in [0.05, 0.1) is 21.8 Å². The number of pyridine rings is 1. The largest absolute Gasteiger partial charge is 0.480 e. The Kier molecular flexibility index (Phi) is 6.30. The zero-order chi connectivity index (χ0) is 23.1. The van der Waals surface area contributed by atoms with Gasteiger partial charge < -0.3 is 5.11 Å². The maximum atomic E-state index is 15.1. The lowest BCUT2D eigenvalue weighted by atomic mass is 9.64. The first-order valence-electron chi connectivity index (χ1n) is 9.58. The number of nitriles is 1. The first-order valence-corrected chi connectivity index (χ1v) is 10.3. The number of hydrogen-bond acceptors (Lipinski definition) is 4. The number of carbonyl (C=O) groups is 1. The van der Waals surface area contributed by atoms with Gasteiger partial charge in [0.25, 0.3) is 0 Å². The van der Waals surface area contributed by atoms with Gasteiger partial charge in [0, 0.05) is 18.2 Å². The van der Waals surface area contributed by atoms with E-state index >= 15 is 8.78 Å². The fourth-order valence-corrected chi connectivity index (χ4v) is 4.71. The standard InChI is InChI=1S/C22H21Cl2F2N3O2/c1-21(2,3)8-15-22(10-27,19-14(25)7-11(23)9-28-19)16(18(29-15)20(30)31)12-5-4-6-13(24)17(12)26/h4-7,9,15-16,18,29H,8H2,1-3H3,(H,30,31)/t15-,16-,18+,22-/m0/s1. The Balaban J connectivity index is 2.38. The highest BCUT2D eigenvalue weighted by atomic mass is 35.5. The Morgan fingerprint density at radius 3 is 2.58 bits per heavy atom. The molecule has 1 aliphatic rings. The third kappa shape index (κ3) is 4.12. The molecule has 0 bridgehead atoms. The average Bonchev–Trinajstić information content (AvgIpc) is 2.97. The highest BCUT2D eigenvalue weighted by Gasteiger charge is 2.62. The summed E-state index contributed by atoms with van der Waals surface area (Å²) in [4.78, 5) is 16.3. The van der Waals surface area contributed by atoms with Crippen LogP contribution in [0.25, 0.3) is 0 Å². The van der Waals surface area contributed by atoms with Crippen molar-refractivity contribution in [2.24, 2.45) is 5.41 Å². The van der Waals surface area contributed by atoms with Crippen molar-refractivity contribution in [3.05, 3.63) is 63.4 Å². The lowest BCUT2D eigenvalue weighted by Gasteiger charge is -2.36. The fourth-order valence-electron chi connectivity index (χ4n) is 4.39. The summed E-state index contributed by atoms with van der Waals surface area (Å²) in [5, 5.41) is 23.1. The van der Waals surface area contributed by atoms with Crippen LogP contribution in [0, 0.1) is 28.4 Å². The van der Waals surface area contributed by atoms with E-state index in [9.17, 15) is 15.2 Å². The molecular weight excluding hydrogens is 447 g/mol. The Morgan fingerprint density at radius 2 is 2.03 bits per heavy atom. The van der Waals surface area contributed by atoms with E-state index in [1.54, 1.807) is 0 Å². The van der Waals surface area contributed by atoms with Crippen molar-refractivity contribution in [1.82, 2.24) is 10.3 Å². The first kappa shape index (κ1) is 23.4. The molecule has 0 aliphatic carbocycles. The maximum Gasteiger partial charge on any atom is 0.321 e. The molecule has 1 fully saturated rings. The summed E-state index contributed by atoms with van der Waals surface area (Å²) in [7, 11) is 0. The molecule has 5 nitrogen and oxygen atoms in total. The Morgan fingerprint density at radius 1 is 1.35 bits per heavy atom. The number of carboxylic acid groups (broad SMARTS) is 1. The molecule has 164 valence electrons. The zero-order valence-electron chi connectivity index (χ0n) is 17.1. The van der Waals surface area contributed by atoms with Crippen LogP contribution in [0.2, 0.25) is 10.0 Å². The molecule has 2 N–H and O–H groups in total. The van der Waals surface area contributed by atoms with Gasteiger partial charge in [-0.05, 0) is 29.5 Å². The zero-order valence-corrected chi connectivity index (χ0v) is 18.6. The topological polar surface area (TPSA) is 86.0 Å². The number of rotatable bonds is 4. The van der Waals surface area contributed by atoms with Crippen LogP contribution >= 0.6 is 23.2 Å². The van der Waals surface area contributed by atoms with E-state index < -0.39 is 41.0 Å². The number of hydrogen-bond donors (Lipinski definition) is 2. The Hall–Kier alpha value is -2.27. The van der Waals surface area contributed by atoms with Gasteiger partial charge in [0.15, 0.2) is 0 Å². The van der Waals surface area contributed by atoms with Gasteiger partial charge in [-0.25, -0.2) is 8.78 Å². The predicted octanol–water partition coefficient (Wildman–Crippen LogP) is 5.07. The third-order valence-corrected chi connectivity index (χ3v) is 6.04. The van der Waals surface area contributed by atoms with E-state index in [1.807, 2.05) is 20.8 Å². The minimum absolute atomic E-state index is 0.0212. The SMILES string of the molecule is CC(C)(C)C[C@@H]1N[C@@H](C(=O)O)[C@H](c2cccc(Cl)c2F)[C@@]1(C#N)c1ncc(Cl)cc1F. The van der Waals surface area contributed by atoms with Gasteiger partial charge in [0.2, 0.25) is 0 Å². The van der Waals surface area contributed by atoms with Crippen molar-refractivity contribution >= 4 is 29.2 Å². The summed E-state index contributed by atoms with van der Waals surface area (Å²) in [6.45, 7) is 5.72. The number of carboxylic acids is 1. The molecular formula is C22H21Cl2F2N3O2. The normalized spacial score (nSPS) is 25.9. The molecule has 1 aromatic carbocycles. The van der Waals surface area contributed by atoms with Crippen LogP contribution in [-0.2, 0) is 10.2 Å². The van der Waals surface area contributed by atoms with Crippen LogP contribution in [0.5, 0.6) is 0 Å². The van der Waals surface area contributed by atoms with E-state index in [4.69, 9.17) is 23.2 Å². The number of aromatic nitrogens is 1. The number of nitrogens with zero attached hydrogens (tertiary/aromatic N) is 2. The molecule has 1 aliphatic heterocycles. The predicted molar refractivity (Wildman–Crippen MR) is 113 cm³/mol. The molecule has 31 heavy (non-hydrogen) atoms. The number of halogens is 4. The molecule has 0 saturated carbocycles. The van der Waals surface area contributed by atoms with Crippen molar-refractivity contribution in [2.45, 2.75) is 50.6 Å². The van der Waals surface area contributed by atoms with Crippen molar-refractivity contribution in [3.63, 3.8) is 0 Å². The lowest BCUT2D eigenvalue weighted by molar-refractivity contribution is -0.139. The minimum Gasteiger partial charge on any atom is -0.480 e. The van der Waals surface area contributed by atoms with Crippen molar-refractivity contribution in [1.29, 1.82) is 5.26 Å². The molecule has 0 amide bonds. The van der Waals surface area contributed by atoms with Crippen LogP contribution in [0.15, 0.2) is 30.5 Å². The Labute approximate surface area is 189 Å². The number of aliphatic carboxylic acids is 1. The van der Waals surface area contributed by atoms with Gasteiger partial charge in [-0.1, -0.05) is 56.1 Å². The summed E-state index contributed by atoms with van der Waals surface area (Å²) in [5.41, 5.74) is -2.58. The highest BCUT2D eigenvalue weighted by molar-refractivity contribution is 6.31. The first-order chi connectivity index (χ1) is 14.4. The number of benzene rings is 1. The fraction of sp³-hybridized carbons (Fsp3) is 0.409. The van der Waals surface area contributed by atoms with Gasteiger partial charge in [-0.2, -0.15) is 5.26 Å². The molecule has 4 atom stereocenters. The van der Waals surface area contributed by atoms with Gasteiger partial charge in [0.1, 0.15) is 23.1 Å². The molecule has 0 unspecified atom stereocenters. The van der Waals surface area contributed by atoms with E-state index in [1.165, 1.54) is 24.4 Å². The van der Waals surface area contributed by atoms with Crippen molar-refractivity contribution in [3.8, 4) is 6.07 Å². The second-order valence-corrected chi connectivity index (χ2v) is 9.73. The molecule has 3 rings (SSSR count). The summed E-state index contributed by atoms with van der Waals surface area (Å²) in [6.07, 6.45) is 1.49. The van der Waals surface area contributed by atoms with Crippen molar-refractivity contribution < 1.29 is 18.7 Å². The van der Waals surface area contributed by atoms with E-state index in [0.717, 1.165) is 6.07 Å². The molecule has 1 aromatic heterocycles. The third-order valence-electron chi connectivity index (χ3n) is 5.54. The summed E-state index contributed by atoms with van der Waals surface area (Å²) >= 11 is 11.8. The smallest absolute Gasteiger partial charge is 0.321 e. The minimum atomic E-state index is -1.84. The van der Waals surface area contributed by atoms with Gasteiger partial charge >= 0.3 is 5.97 Å². The van der Waals surface area contributed by atoms with Crippen molar-refractivity contribution in [2.75, 3.05) is 0 Å². The summed E-state index contributed by atoms with van der Waals surface area (Å²) in [5.74, 6) is -4.32. The molecule has 0 spiro atoms. The summed E-state index contributed by atoms with van der Waals surface area (Å²) < 4.78 is 30.3. The van der Waals surface area contributed by atoms with Crippen LogP contribution in [0.1, 0.15) is 44.4 Å². The van der Waals surface area contributed by atoms with Gasteiger partial charge in [-0.15, -0.1) is 0 Å². The van der Waals surface area contributed by atoms with Gasteiger partial charge in [-0.3, -0.25) is 15.1 Å². The maximum absolute atomic E-state index is 15.1. The van der Waals surface area contributed by atoms with E-state index in [-0.39, 0.29) is 26.7 Å². The van der Waals surface area contributed by atoms with Crippen LogP contribution < -0.4 is 5.32 Å². The highest BCUT2D eigenvalue weighted by Crippen LogP contribution is 2.52. The van der Waals surface area contributed by atoms with E-state index in [0.29, 0.717) is 6.42 Å². The van der Waals surface area contributed by atoms with Crippen LogP contribution in [0.4, 0.5) is 8.78 Å². The molecule has 2 aromatic rings. The monoisotopic (exact) mass is 467 g/mol. The number of nitrogens with one attached hydrogen (secondary N) is 1. The van der Waals surface area contributed by atoms with E-state index in [2.05, 4.69) is 16.4 Å². The average molecular weight is 468 g/mol. The van der Waals surface area contributed by atoms with Crippen LogP contribution in [0.3, 0.4) is 0 Å². The second kappa shape index (κ2) is 8.34. The molecule has 9 heteroatoms. The quantitative estimate of drug-likeness (QED) is 0.654. The second-order valence-electron chi connectivity index (χ2n) is 8.89.